The van der Waals surface area contributed by atoms with Gasteiger partial charge in [0.25, 0.3) is 0 Å². The number of hydrogen-bond donors (Lipinski definition) is 1. The van der Waals surface area contributed by atoms with Crippen LogP contribution in [0.25, 0.3) is 0 Å². The van der Waals surface area contributed by atoms with Gasteiger partial charge < -0.3 is 10.0 Å². The quantitative estimate of drug-likeness (QED) is 0.704. The third-order valence-corrected chi connectivity index (χ3v) is 3.52. The largest absolute Gasteiger partial charge is 0.392 e. The smallest absolute Gasteiger partial charge is 0.239 e. The Labute approximate surface area is 90.9 Å². The molecule has 0 aromatic heterocycles. The van der Waals surface area contributed by atoms with Crippen LogP contribution >= 0.6 is 0 Å². The number of hydrogen-bond acceptors (Lipinski definition) is 3. The summed E-state index contributed by atoms with van der Waals surface area (Å²) in [5, 5.41) is 9.43. The first kappa shape index (κ1) is 10.9. The first-order valence-electron chi connectivity index (χ1n) is 5.89. The van der Waals surface area contributed by atoms with Gasteiger partial charge in [0.1, 0.15) is 0 Å². The standard InChI is InChI=1S/C11H20N2O2/c1-9(13-7-4-10(14)8-13)11(15)12-5-2-3-6-12/h9-10,14H,2-8H2,1H3/t9?,10-/m0/s1. The number of aliphatic hydroxyl groups excluding tert-OH is 1. The Morgan fingerprint density at radius 2 is 2.00 bits per heavy atom. The number of carbonyl (C=O) groups excluding carboxylic acids is 1. The van der Waals surface area contributed by atoms with Gasteiger partial charge in [0.2, 0.25) is 5.91 Å². The van der Waals surface area contributed by atoms with Crippen molar-refractivity contribution in [1.82, 2.24) is 9.80 Å². The van der Waals surface area contributed by atoms with Crippen LogP contribution in [0, 0.1) is 0 Å². The summed E-state index contributed by atoms with van der Waals surface area (Å²) in [5.41, 5.74) is 0. The third-order valence-electron chi connectivity index (χ3n) is 3.52. The van der Waals surface area contributed by atoms with Crippen LogP contribution in [-0.2, 0) is 4.79 Å². The van der Waals surface area contributed by atoms with Crippen molar-refractivity contribution in [1.29, 1.82) is 0 Å². The number of β-amino-alcohol motifs (C(OH)–C–C–N with tert-alkyl or cyclic N) is 1. The van der Waals surface area contributed by atoms with Crippen molar-refractivity contribution in [3.8, 4) is 0 Å². The van der Waals surface area contributed by atoms with Crippen LogP contribution in [0.4, 0.5) is 0 Å². The molecule has 1 unspecified atom stereocenters. The lowest BCUT2D eigenvalue weighted by atomic mass is 10.2. The molecule has 0 aromatic rings. The van der Waals surface area contributed by atoms with Crippen molar-refractivity contribution in [3.05, 3.63) is 0 Å². The summed E-state index contributed by atoms with van der Waals surface area (Å²) in [4.78, 5) is 16.1. The maximum atomic E-state index is 12.0. The van der Waals surface area contributed by atoms with E-state index in [0.29, 0.717) is 6.54 Å². The summed E-state index contributed by atoms with van der Waals surface area (Å²) >= 11 is 0. The second kappa shape index (κ2) is 4.49. The Bertz CT molecular complexity index is 239. The molecule has 0 bridgehead atoms. The molecule has 2 saturated heterocycles. The number of nitrogens with zero attached hydrogens (tertiary/aromatic N) is 2. The van der Waals surface area contributed by atoms with Crippen molar-refractivity contribution in [2.45, 2.75) is 38.3 Å². The molecule has 4 nitrogen and oxygen atoms in total. The normalized spacial score (nSPS) is 29.7. The minimum absolute atomic E-state index is 0.0553. The molecular formula is C11H20N2O2. The van der Waals surface area contributed by atoms with Gasteiger partial charge in [-0.05, 0) is 26.2 Å². The van der Waals surface area contributed by atoms with Crippen LogP contribution in [0.5, 0.6) is 0 Å². The van der Waals surface area contributed by atoms with Gasteiger partial charge in [-0.1, -0.05) is 0 Å². The molecule has 0 aromatic carbocycles. The molecule has 0 spiro atoms. The predicted molar refractivity (Wildman–Crippen MR) is 57.5 cm³/mol. The zero-order valence-electron chi connectivity index (χ0n) is 9.35. The van der Waals surface area contributed by atoms with Gasteiger partial charge in [0, 0.05) is 26.2 Å². The van der Waals surface area contributed by atoms with Crippen LogP contribution in [0.2, 0.25) is 0 Å². The summed E-state index contributed by atoms with van der Waals surface area (Å²) in [6.07, 6.45) is 2.85. The van der Waals surface area contributed by atoms with Crippen LogP contribution in [0.1, 0.15) is 26.2 Å². The molecule has 1 amide bonds. The summed E-state index contributed by atoms with van der Waals surface area (Å²) < 4.78 is 0. The van der Waals surface area contributed by atoms with Crippen LogP contribution in [0.15, 0.2) is 0 Å². The highest BCUT2D eigenvalue weighted by Gasteiger charge is 2.31. The molecule has 2 heterocycles. The summed E-state index contributed by atoms with van der Waals surface area (Å²) in [6.45, 7) is 5.29. The highest BCUT2D eigenvalue weighted by Crippen LogP contribution is 2.16. The average Bonchev–Trinajstić information content (AvgIpc) is 2.85. The monoisotopic (exact) mass is 212 g/mol. The highest BCUT2D eigenvalue weighted by molar-refractivity contribution is 5.81. The molecular weight excluding hydrogens is 192 g/mol. The van der Waals surface area contributed by atoms with Crippen LogP contribution in [0.3, 0.4) is 0 Å². The molecule has 0 saturated carbocycles. The number of rotatable bonds is 2. The lowest BCUT2D eigenvalue weighted by molar-refractivity contribution is -0.135. The maximum Gasteiger partial charge on any atom is 0.239 e. The van der Waals surface area contributed by atoms with E-state index >= 15 is 0 Å². The summed E-state index contributed by atoms with van der Waals surface area (Å²) in [6, 6.07) is -0.0553. The molecule has 2 aliphatic rings. The Morgan fingerprint density at radius 3 is 2.53 bits per heavy atom. The van der Waals surface area contributed by atoms with E-state index in [0.717, 1.165) is 38.9 Å². The first-order chi connectivity index (χ1) is 7.18. The van der Waals surface area contributed by atoms with E-state index < -0.39 is 0 Å². The molecule has 2 atom stereocenters. The Hall–Kier alpha value is -0.610. The lowest BCUT2D eigenvalue weighted by Gasteiger charge is -2.27. The highest BCUT2D eigenvalue weighted by atomic mass is 16.3. The van der Waals surface area contributed by atoms with Gasteiger partial charge >= 0.3 is 0 Å². The molecule has 0 aliphatic carbocycles. The molecule has 86 valence electrons. The van der Waals surface area contributed by atoms with Crippen molar-refractivity contribution in [2.75, 3.05) is 26.2 Å². The molecule has 0 radical (unpaired) electrons. The van der Waals surface area contributed by atoms with Crippen molar-refractivity contribution in [3.63, 3.8) is 0 Å². The Balaban J connectivity index is 1.89. The first-order valence-corrected chi connectivity index (χ1v) is 5.89. The van der Waals surface area contributed by atoms with Gasteiger partial charge in [0.15, 0.2) is 0 Å². The fraction of sp³-hybridized carbons (Fsp3) is 0.909. The number of likely N-dealkylation sites (tertiary alicyclic amines) is 2. The van der Waals surface area contributed by atoms with E-state index in [1.807, 2.05) is 11.8 Å². The van der Waals surface area contributed by atoms with E-state index in [-0.39, 0.29) is 18.1 Å². The van der Waals surface area contributed by atoms with Crippen molar-refractivity contribution < 1.29 is 9.90 Å². The van der Waals surface area contributed by atoms with E-state index in [2.05, 4.69) is 4.90 Å². The summed E-state index contributed by atoms with van der Waals surface area (Å²) in [5.74, 6) is 0.238. The molecule has 2 fully saturated rings. The van der Waals surface area contributed by atoms with Gasteiger partial charge in [-0.25, -0.2) is 0 Å². The zero-order valence-corrected chi connectivity index (χ0v) is 9.35. The summed E-state index contributed by atoms with van der Waals surface area (Å²) in [7, 11) is 0. The van der Waals surface area contributed by atoms with Gasteiger partial charge in [-0.2, -0.15) is 0 Å². The zero-order chi connectivity index (χ0) is 10.8. The van der Waals surface area contributed by atoms with Crippen molar-refractivity contribution in [2.24, 2.45) is 0 Å². The molecule has 2 aliphatic heterocycles. The molecule has 2 rings (SSSR count). The van der Waals surface area contributed by atoms with Crippen LogP contribution < -0.4 is 0 Å². The predicted octanol–water partition coefficient (Wildman–Crippen LogP) is 0.0639. The second-order valence-corrected chi connectivity index (χ2v) is 4.65. The minimum atomic E-state index is -0.237. The fourth-order valence-electron chi connectivity index (χ4n) is 2.48. The van der Waals surface area contributed by atoms with E-state index in [4.69, 9.17) is 0 Å². The minimum Gasteiger partial charge on any atom is -0.392 e. The number of amides is 1. The van der Waals surface area contributed by atoms with Gasteiger partial charge in [0.05, 0.1) is 12.1 Å². The van der Waals surface area contributed by atoms with Gasteiger partial charge in [-0.15, -0.1) is 0 Å². The van der Waals surface area contributed by atoms with Gasteiger partial charge in [-0.3, -0.25) is 9.69 Å². The SMILES string of the molecule is CC(C(=O)N1CCCC1)N1CC[C@H](O)C1. The average molecular weight is 212 g/mol. The van der Waals surface area contributed by atoms with Crippen LogP contribution in [-0.4, -0.2) is 59.1 Å². The maximum absolute atomic E-state index is 12.0. The van der Waals surface area contributed by atoms with E-state index in [1.54, 1.807) is 0 Å². The molecule has 1 N–H and O–H groups in total. The van der Waals surface area contributed by atoms with E-state index in [1.165, 1.54) is 0 Å². The second-order valence-electron chi connectivity index (χ2n) is 4.65. The topological polar surface area (TPSA) is 43.8 Å². The molecule has 4 heteroatoms. The Kier molecular flexibility index (Phi) is 3.26. The Morgan fingerprint density at radius 1 is 1.33 bits per heavy atom. The third kappa shape index (κ3) is 2.32. The number of aliphatic hydroxyl groups is 1. The lowest BCUT2D eigenvalue weighted by Crippen LogP contribution is -2.45. The van der Waals surface area contributed by atoms with Crippen molar-refractivity contribution >= 4 is 5.91 Å². The fourth-order valence-corrected chi connectivity index (χ4v) is 2.48. The number of carbonyl (C=O) groups is 1. The van der Waals surface area contributed by atoms with E-state index in [9.17, 15) is 9.90 Å². The molecule has 15 heavy (non-hydrogen) atoms.